The lowest BCUT2D eigenvalue weighted by atomic mass is 10.1. The van der Waals surface area contributed by atoms with Crippen LogP contribution in [0.4, 0.5) is 13.2 Å². The maximum absolute atomic E-state index is 12.7. The van der Waals surface area contributed by atoms with Crippen LogP contribution in [0.3, 0.4) is 0 Å². The van der Waals surface area contributed by atoms with Gasteiger partial charge in [0.05, 0.1) is 4.90 Å². The fourth-order valence-electron chi connectivity index (χ4n) is 1.95. The number of fused-ring (bicyclic) bond motifs is 2. The molecule has 1 aromatic carbocycles. The van der Waals surface area contributed by atoms with E-state index in [0.717, 1.165) is 6.07 Å². The minimum Gasteiger partial charge on any atom is -0.236 e. The van der Waals surface area contributed by atoms with Crippen LogP contribution in [0.25, 0.3) is 21.8 Å². The normalized spacial score (nSPS) is 13.4. The minimum atomic E-state index is -5.42. The van der Waals surface area contributed by atoms with Crippen LogP contribution in [0, 0.1) is 0 Å². The molecule has 19 heavy (non-hydrogen) atoms. The van der Waals surface area contributed by atoms with Crippen LogP contribution in [-0.4, -0.2) is 23.9 Å². The van der Waals surface area contributed by atoms with Gasteiger partial charge in [0.2, 0.25) is 0 Å². The third-order valence-corrected chi connectivity index (χ3v) is 4.34. The number of sulfone groups is 1. The molecule has 3 heterocycles. The molecule has 4 nitrogen and oxygen atoms in total. The SMILES string of the molecule is O=S(=O)(c1cccc2c3cnc(nc3)c12)C(F)(F)F. The Morgan fingerprint density at radius 3 is 2.26 bits per heavy atom. The molecule has 0 amide bonds. The molecule has 0 aliphatic rings. The van der Waals surface area contributed by atoms with E-state index in [1.165, 1.54) is 24.5 Å². The van der Waals surface area contributed by atoms with E-state index in [1.54, 1.807) is 0 Å². The summed E-state index contributed by atoms with van der Waals surface area (Å²) in [5, 5.41) is 0.800. The van der Waals surface area contributed by atoms with E-state index in [2.05, 4.69) is 9.97 Å². The van der Waals surface area contributed by atoms with Gasteiger partial charge in [0.15, 0.2) is 5.65 Å². The Hall–Kier alpha value is -1.96. The maximum Gasteiger partial charge on any atom is 0.501 e. The zero-order valence-corrected chi connectivity index (χ0v) is 9.96. The minimum absolute atomic E-state index is 0.0200. The van der Waals surface area contributed by atoms with Crippen molar-refractivity contribution in [3.8, 4) is 0 Å². The first-order chi connectivity index (χ1) is 8.82. The molecule has 0 radical (unpaired) electrons. The van der Waals surface area contributed by atoms with Crippen LogP contribution < -0.4 is 0 Å². The van der Waals surface area contributed by atoms with E-state index in [1.807, 2.05) is 0 Å². The molecule has 0 saturated carbocycles. The van der Waals surface area contributed by atoms with Crippen molar-refractivity contribution in [1.29, 1.82) is 0 Å². The second kappa shape index (κ2) is 3.53. The highest BCUT2D eigenvalue weighted by atomic mass is 32.2. The van der Waals surface area contributed by atoms with Crippen LogP contribution in [-0.2, 0) is 9.84 Å². The number of alkyl halides is 3. The molecule has 3 aromatic heterocycles. The molecule has 8 heteroatoms. The average molecular weight is 286 g/mol. The molecule has 0 unspecified atom stereocenters. The second-order valence-corrected chi connectivity index (χ2v) is 5.83. The number of pyridine rings is 2. The topological polar surface area (TPSA) is 59.9 Å². The summed E-state index contributed by atoms with van der Waals surface area (Å²) in [6, 6.07) is 3.73. The first-order valence-electron chi connectivity index (χ1n) is 5.09. The van der Waals surface area contributed by atoms with Crippen LogP contribution >= 0.6 is 0 Å². The molecular formula is C11H5F3N2O2S. The number of nitrogens with zero attached hydrogens (tertiary/aromatic N) is 2. The highest BCUT2D eigenvalue weighted by Gasteiger charge is 2.47. The second-order valence-electron chi connectivity index (χ2n) is 3.92. The van der Waals surface area contributed by atoms with Crippen molar-refractivity contribution in [2.24, 2.45) is 0 Å². The summed E-state index contributed by atoms with van der Waals surface area (Å²) in [6.07, 6.45) is 2.88. The number of aromatic nitrogens is 2. The number of hydrogen-bond donors (Lipinski definition) is 0. The van der Waals surface area contributed by atoms with Crippen molar-refractivity contribution in [3.63, 3.8) is 0 Å². The molecule has 0 aliphatic heterocycles. The standard InChI is InChI=1S/C11H5F3N2O2S/c12-11(13,14)19(17,18)8-3-1-2-7-6-4-15-10(9(7)8)16-5-6/h1-5H. The molecule has 4 aromatic rings. The summed E-state index contributed by atoms with van der Waals surface area (Å²) in [6.45, 7) is 0. The fourth-order valence-corrected chi connectivity index (χ4v) is 2.92. The number of benzene rings is 1. The third-order valence-electron chi connectivity index (χ3n) is 2.81. The molecule has 0 N–H and O–H groups in total. The Balaban J connectivity index is 2.49. The van der Waals surface area contributed by atoms with E-state index < -0.39 is 20.2 Å². The van der Waals surface area contributed by atoms with E-state index in [0.29, 0.717) is 10.8 Å². The predicted octanol–water partition coefficient (Wildman–Crippen LogP) is 2.51. The van der Waals surface area contributed by atoms with Crippen molar-refractivity contribution in [2.75, 3.05) is 0 Å². The molecule has 0 spiro atoms. The molecule has 4 rings (SSSR count). The van der Waals surface area contributed by atoms with E-state index in [-0.39, 0.29) is 11.0 Å². The molecule has 0 atom stereocenters. The first-order valence-corrected chi connectivity index (χ1v) is 6.58. The van der Waals surface area contributed by atoms with Crippen LogP contribution in [0.15, 0.2) is 35.5 Å². The molecular weight excluding hydrogens is 281 g/mol. The highest BCUT2D eigenvalue weighted by Crippen LogP contribution is 2.36. The van der Waals surface area contributed by atoms with E-state index >= 15 is 0 Å². The monoisotopic (exact) mass is 286 g/mol. The number of rotatable bonds is 1. The van der Waals surface area contributed by atoms with E-state index in [9.17, 15) is 21.6 Å². The lowest BCUT2D eigenvalue weighted by Gasteiger charge is -2.12. The predicted molar refractivity (Wildman–Crippen MR) is 61.5 cm³/mol. The Kier molecular flexibility index (Phi) is 2.25. The van der Waals surface area contributed by atoms with Crippen molar-refractivity contribution in [3.05, 3.63) is 30.6 Å². The Morgan fingerprint density at radius 2 is 1.68 bits per heavy atom. The van der Waals surface area contributed by atoms with Gasteiger partial charge in [-0.25, -0.2) is 18.4 Å². The summed E-state index contributed by atoms with van der Waals surface area (Å²) in [7, 11) is -5.42. The number of hydrogen-bond acceptors (Lipinski definition) is 4. The van der Waals surface area contributed by atoms with Crippen LogP contribution in [0.1, 0.15) is 0 Å². The van der Waals surface area contributed by atoms with Gasteiger partial charge in [-0.15, -0.1) is 0 Å². The van der Waals surface area contributed by atoms with Crippen molar-refractivity contribution in [2.45, 2.75) is 10.4 Å². The van der Waals surface area contributed by atoms with Gasteiger partial charge >= 0.3 is 5.51 Å². The molecule has 0 saturated heterocycles. The lowest BCUT2D eigenvalue weighted by Crippen LogP contribution is -2.23. The largest absolute Gasteiger partial charge is 0.501 e. The van der Waals surface area contributed by atoms with Gasteiger partial charge in [0, 0.05) is 23.2 Å². The van der Waals surface area contributed by atoms with E-state index in [4.69, 9.17) is 0 Å². The zero-order valence-electron chi connectivity index (χ0n) is 9.14. The van der Waals surface area contributed by atoms with Gasteiger partial charge in [0.1, 0.15) is 0 Å². The Bertz CT molecular complexity index is 854. The van der Waals surface area contributed by atoms with Crippen molar-refractivity contribution < 1.29 is 21.6 Å². The summed E-state index contributed by atoms with van der Waals surface area (Å²) >= 11 is 0. The number of halogens is 3. The van der Waals surface area contributed by atoms with Crippen LogP contribution in [0.2, 0.25) is 0 Å². The zero-order chi connectivity index (χ0) is 13.8. The van der Waals surface area contributed by atoms with Gasteiger partial charge in [-0.2, -0.15) is 13.2 Å². The van der Waals surface area contributed by atoms with Crippen molar-refractivity contribution >= 4 is 31.6 Å². The molecule has 2 bridgehead atoms. The Labute approximate surface area is 105 Å². The van der Waals surface area contributed by atoms with Gasteiger partial charge in [-0.05, 0) is 11.5 Å². The van der Waals surface area contributed by atoms with Crippen LogP contribution in [0.5, 0.6) is 0 Å². The summed E-state index contributed by atoms with van der Waals surface area (Å²) in [5.41, 5.74) is -5.37. The quantitative estimate of drug-likeness (QED) is 0.689. The summed E-state index contributed by atoms with van der Waals surface area (Å²) in [4.78, 5) is 6.83. The molecule has 0 aliphatic carbocycles. The van der Waals surface area contributed by atoms with Gasteiger partial charge in [0.25, 0.3) is 9.84 Å². The summed E-state index contributed by atoms with van der Waals surface area (Å²) < 4.78 is 61.1. The fraction of sp³-hybridized carbons (Fsp3) is 0.0909. The van der Waals surface area contributed by atoms with Gasteiger partial charge in [-0.3, -0.25) is 0 Å². The molecule has 98 valence electrons. The van der Waals surface area contributed by atoms with Gasteiger partial charge in [-0.1, -0.05) is 12.1 Å². The van der Waals surface area contributed by atoms with Gasteiger partial charge < -0.3 is 0 Å². The highest BCUT2D eigenvalue weighted by molar-refractivity contribution is 7.92. The smallest absolute Gasteiger partial charge is 0.236 e. The summed E-state index contributed by atoms with van der Waals surface area (Å²) in [5.74, 6) is 0. The first kappa shape index (κ1) is 12.1. The average Bonchev–Trinajstić information content (AvgIpc) is 2.38. The third kappa shape index (κ3) is 1.56. The van der Waals surface area contributed by atoms with Crippen molar-refractivity contribution in [1.82, 2.24) is 9.97 Å². The Morgan fingerprint density at radius 1 is 1.05 bits per heavy atom. The molecule has 0 fully saturated rings. The maximum atomic E-state index is 12.7. The lowest BCUT2D eigenvalue weighted by molar-refractivity contribution is -0.0435.